The van der Waals surface area contributed by atoms with Crippen LogP contribution in [0.5, 0.6) is 0 Å². The van der Waals surface area contributed by atoms with Crippen LogP contribution in [0.2, 0.25) is 0 Å². The fraction of sp³-hybridized carbons (Fsp3) is 0.0667. The van der Waals surface area contributed by atoms with Crippen LogP contribution >= 0.6 is 0 Å². The Morgan fingerprint density at radius 2 is 0.973 bits per heavy atom. The summed E-state index contributed by atoms with van der Waals surface area (Å²) in [6, 6.07) is 22.7. The van der Waals surface area contributed by atoms with Gasteiger partial charge in [0.25, 0.3) is 0 Å². The Balaban J connectivity index is 1.70. The third-order valence-corrected chi connectivity index (χ3v) is 6.00. The Morgan fingerprint density at radius 3 is 1.41 bits per heavy atom. The second-order valence-corrected chi connectivity index (χ2v) is 8.59. The van der Waals surface area contributed by atoms with Crippen molar-refractivity contribution in [2.45, 2.75) is 13.8 Å². The minimum atomic E-state index is -0.727. The third kappa shape index (κ3) is 4.80. The highest BCUT2D eigenvalue weighted by Gasteiger charge is 2.21. The lowest BCUT2D eigenvalue weighted by Gasteiger charge is -2.27. The minimum absolute atomic E-state index is 0.153. The lowest BCUT2D eigenvalue weighted by molar-refractivity contribution is 0.584. The Labute approximate surface area is 211 Å². The second-order valence-electron chi connectivity index (χ2n) is 8.59. The average Bonchev–Trinajstić information content (AvgIpc) is 2.86. The summed E-state index contributed by atoms with van der Waals surface area (Å²) < 4.78 is 56.2. The monoisotopic (exact) mass is 499 g/mol. The molecule has 184 valence electrons. The highest BCUT2D eigenvalue weighted by atomic mass is 19.1. The van der Waals surface area contributed by atoms with Crippen LogP contribution in [0.3, 0.4) is 0 Å². The summed E-state index contributed by atoms with van der Waals surface area (Å²) in [5, 5.41) is 0. The van der Waals surface area contributed by atoms with Crippen molar-refractivity contribution in [3.63, 3.8) is 0 Å². The number of halogens is 4. The summed E-state index contributed by atoms with van der Waals surface area (Å²) in [6.45, 7) is 3.89. The highest BCUT2D eigenvalue weighted by molar-refractivity contribution is 5.79. The van der Waals surface area contributed by atoms with Gasteiger partial charge in [0, 0.05) is 23.3 Å². The molecule has 0 unspecified atom stereocenters. The zero-order chi connectivity index (χ0) is 26.1. The third-order valence-electron chi connectivity index (χ3n) is 6.00. The first kappa shape index (κ1) is 24.2. The van der Waals surface area contributed by atoms with E-state index in [9.17, 15) is 17.6 Å². The molecule has 2 aromatic heterocycles. The quantitative estimate of drug-likeness (QED) is 0.227. The van der Waals surface area contributed by atoms with E-state index in [1.54, 1.807) is 41.3 Å². The molecule has 5 rings (SSSR count). The van der Waals surface area contributed by atoms with Gasteiger partial charge in [-0.3, -0.25) is 4.90 Å². The maximum atomic E-state index is 14.6. The number of hydrogen-bond donors (Lipinski definition) is 0. The molecule has 0 N–H and O–H groups in total. The van der Waals surface area contributed by atoms with Crippen LogP contribution in [0.25, 0.3) is 22.5 Å². The van der Waals surface area contributed by atoms with E-state index in [2.05, 4.69) is 0 Å². The first-order valence-electron chi connectivity index (χ1n) is 11.5. The van der Waals surface area contributed by atoms with Crippen LogP contribution in [-0.4, -0.2) is 9.97 Å². The van der Waals surface area contributed by atoms with E-state index in [1.807, 2.05) is 32.0 Å². The molecule has 0 fully saturated rings. The number of benzene rings is 3. The van der Waals surface area contributed by atoms with E-state index in [0.29, 0.717) is 23.0 Å². The molecule has 2 heterocycles. The van der Waals surface area contributed by atoms with Crippen LogP contribution in [-0.2, 0) is 0 Å². The molecule has 0 aliphatic heterocycles. The summed E-state index contributed by atoms with van der Waals surface area (Å²) in [7, 11) is 0. The number of aromatic nitrogens is 2. The van der Waals surface area contributed by atoms with Crippen molar-refractivity contribution in [3.8, 4) is 22.5 Å². The number of pyridine rings is 2. The Bertz CT molecular complexity index is 1500. The number of para-hydroxylation sites is 1. The summed E-state index contributed by atoms with van der Waals surface area (Å²) in [6.07, 6.45) is 0. The predicted molar refractivity (Wildman–Crippen MR) is 137 cm³/mol. The SMILES string of the molecule is Cc1cccc(C)c1N(c1cccc(-c2ccc(F)cc2F)n1)c1cccc(-c2ccc(F)cc2F)n1. The molecule has 5 aromatic rings. The van der Waals surface area contributed by atoms with Crippen LogP contribution in [0.15, 0.2) is 91.0 Å². The summed E-state index contributed by atoms with van der Waals surface area (Å²) in [5.41, 5.74) is 3.59. The Morgan fingerprint density at radius 1 is 0.541 bits per heavy atom. The summed E-state index contributed by atoms with van der Waals surface area (Å²) >= 11 is 0. The van der Waals surface area contributed by atoms with Crippen LogP contribution in [0.1, 0.15) is 11.1 Å². The van der Waals surface area contributed by atoms with Gasteiger partial charge in [-0.15, -0.1) is 0 Å². The zero-order valence-electron chi connectivity index (χ0n) is 20.0. The van der Waals surface area contributed by atoms with E-state index < -0.39 is 23.3 Å². The molecule has 3 aromatic carbocycles. The van der Waals surface area contributed by atoms with E-state index in [-0.39, 0.29) is 11.1 Å². The van der Waals surface area contributed by atoms with Crippen molar-refractivity contribution in [1.82, 2.24) is 9.97 Å². The molecule has 0 spiro atoms. The fourth-order valence-electron chi connectivity index (χ4n) is 4.29. The molecule has 3 nitrogen and oxygen atoms in total. The topological polar surface area (TPSA) is 29.0 Å². The van der Waals surface area contributed by atoms with Gasteiger partial charge in [-0.1, -0.05) is 30.3 Å². The van der Waals surface area contributed by atoms with Gasteiger partial charge in [0.2, 0.25) is 0 Å². The maximum Gasteiger partial charge on any atom is 0.139 e. The van der Waals surface area contributed by atoms with Gasteiger partial charge in [0.05, 0.1) is 17.1 Å². The molecule has 0 atom stereocenters. The normalized spacial score (nSPS) is 11.0. The number of anilines is 3. The van der Waals surface area contributed by atoms with Gasteiger partial charge in [-0.25, -0.2) is 27.5 Å². The molecule has 0 saturated heterocycles. The molecule has 37 heavy (non-hydrogen) atoms. The van der Waals surface area contributed by atoms with Gasteiger partial charge in [0.15, 0.2) is 0 Å². The predicted octanol–water partition coefficient (Wildman–Crippen LogP) is 8.45. The Kier molecular flexibility index (Phi) is 6.44. The fourth-order valence-corrected chi connectivity index (χ4v) is 4.29. The lowest BCUT2D eigenvalue weighted by Crippen LogP contribution is -2.16. The minimum Gasteiger partial charge on any atom is -0.278 e. The van der Waals surface area contributed by atoms with Crippen LogP contribution in [0.4, 0.5) is 34.9 Å². The van der Waals surface area contributed by atoms with Gasteiger partial charge in [-0.05, 0) is 73.5 Å². The largest absolute Gasteiger partial charge is 0.278 e. The number of hydrogen-bond acceptors (Lipinski definition) is 3. The van der Waals surface area contributed by atoms with Gasteiger partial charge in [0.1, 0.15) is 34.9 Å². The van der Waals surface area contributed by atoms with Crippen molar-refractivity contribution in [2.24, 2.45) is 0 Å². The molecule has 0 saturated carbocycles. The van der Waals surface area contributed by atoms with Gasteiger partial charge in [-0.2, -0.15) is 0 Å². The molecule has 0 aliphatic carbocycles. The van der Waals surface area contributed by atoms with Crippen molar-refractivity contribution in [1.29, 1.82) is 0 Å². The summed E-state index contributed by atoms with van der Waals surface area (Å²) in [4.78, 5) is 11.2. The Hall–Kier alpha value is -4.52. The highest BCUT2D eigenvalue weighted by Crippen LogP contribution is 2.38. The van der Waals surface area contributed by atoms with Crippen molar-refractivity contribution >= 4 is 17.3 Å². The zero-order valence-corrected chi connectivity index (χ0v) is 20.0. The summed E-state index contributed by atoms with van der Waals surface area (Å²) in [5.74, 6) is -1.94. The molecule has 0 aliphatic rings. The molecular formula is C30H21F4N3. The van der Waals surface area contributed by atoms with Crippen molar-refractivity contribution in [2.75, 3.05) is 4.90 Å². The van der Waals surface area contributed by atoms with E-state index in [0.717, 1.165) is 28.9 Å². The molecular weight excluding hydrogens is 478 g/mol. The second kappa shape index (κ2) is 9.85. The smallest absolute Gasteiger partial charge is 0.139 e. The van der Waals surface area contributed by atoms with Gasteiger partial charge >= 0.3 is 0 Å². The number of rotatable bonds is 5. The van der Waals surface area contributed by atoms with Crippen LogP contribution < -0.4 is 4.90 Å². The molecule has 0 radical (unpaired) electrons. The van der Waals surface area contributed by atoms with Crippen molar-refractivity contribution in [3.05, 3.63) is 125 Å². The molecule has 0 amide bonds. The number of aryl methyl sites for hydroxylation is 2. The van der Waals surface area contributed by atoms with E-state index in [4.69, 9.17) is 9.97 Å². The molecule has 7 heteroatoms. The first-order valence-corrected chi connectivity index (χ1v) is 11.5. The van der Waals surface area contributed by atoms with Crippen LogP contribution in [0, 0.1) is 37.1 Å². The maximum absolute atomic E-state index is 14.6. The van der Waals surface area contributed by atoms with Gasteiger partial charge < -0.3 is 0 Å². The average molecular weight is 500 g/mol. The standard InChI is InChI=1S/C30H21F4N3/c1-18-6-3-7-19(2)30(18)37(28-10-4-8-26(35-28)22-14-12-20(31)16-24(22)33)29-11-5-9-27(36-29)23-15-13-21(32)17-25(23)34/h3-17H,1-2H3. The van der Waals surface area contributed by atoms with E-state index >= 15 is 0 Å². The molecule has 0 bridgehead atoms. The lowest BCUT2D eigenvalue weighted by atomic mass is 10.1. The number of nitrogens with zero attached hydrogens (tertiary/aromatic N) is 3. The van der Waals surface area contributed by atoms with E-state index in [1.165, 1.54) is 24.3 Å². The van der Waals surface area contributed by atoms with Crippen molar-refractivity contribution < 1.29 is 17.6 Å². The first-order chi connectivity index (χ1) is 17.8.